The zero-order valence-electron chi connectivity index (χ0n) is 14.9. The van der Waals surface area contributed by atoms with Crippen LogP contribution in [0.15, 0.2) is 91.0 Å². The molecule has 1 atom stereocenters. The van der Waals surface area contributed by atoms with Gasteiger partial charge in [0.2, 0.25) is 5.76 Å². The zero-order chi connectivity index (χ0) is 20.1. The third kappa shape index (κ3) is 2.94. The normalized spacial score (nSPS) is 15.7. The van der Waals surface area contributed by atoms with Crippen LogP contribution in [-0.2, 0) is 0 Å². The molecule has 0 saturated carbocycles. The maximum atomic E-state index is 13.5. The largest absolute Gasteiger partial charge is 0.450 e. The number of rotatable bonds is 2. The molecule has 1 aromatic heterocycles. The Hall–Kier alpha value is -2.70. The molecule has 4 nitrogen and oxygen atoms in total. The molecule has 29 heavy (non-hydrogen) atoms. The van der Waals surface area contributed by atoms with E-state index in [0.717, 1.165) is 14.5 Å². The summed E-state index contributed by atoms with van der Waals surface area (Å²) in [6, 6.07) is 21.6. The van der Waals surface area contributed by atoms with E-state index in [-0.39, 0.29) is 17.1 Å². The van der Waals surface area contributed by atoms with Crippen LogP contribution >= 0.6 is 31.9 Å². The van der Waals surface area contributed by atoms with Crippen LogP contribution in [0.2, 0.25) is 0 Å². The quantitative estimate of drug-likeness (QED) is 0.329. The van der Waals surface area contributed by atoms with Crippen LogP contribution in [0, 0.1) is 0 Å². The van der Waals surface area contributed by atoms with Gasteiger partial charge in [-0.05, 0) is 48.0 Å². The summed E-state index contributed by atoms with van der Waals surface area (Å²) < 4.78 is 7.66. The number of nitrogens with zero attached hydrogens (tertiary/aromatic N) is 1. The maximum Gasteiger partial charge on any atom is 0.295 e. The lowest BCUT2D eigenvalue weighted by atomic mass is 9.98. The molecule has 0 N–H and O–H groups in total. The minimum absolute atomic E-state index is 0.0987. The van der Waals surface area contributed by atoms with Crippen molar-refractivity contribution in [1.82, 2.24) is 0 Å². The molecule has 6 heteroatoms. The number of amides is 1. The second kappa shape index (κ2) is 6.97. The average molecular weight is 511 g/mol. The molecule has 3 aromatic carbocycles. The Morgan fingerprint density at radius 2 is 1.52 bits per heavy atom. The Bertz CT molecular complexity index is 1310. The number of hydrogen-bond donors (Lipinski definition) is 0. The van der Waals surface area contributed by atoms with E-state index in [1.54, 1.807) is 23.1 Å². The lowest BCUT2D eigenvalue weighted by molar-refractivity contribution is 0.0971. The standard InChI is InChI=1S/C23H13Br2NO3/c24-14-8-6-13(7-9-14)20-19-21(27)17-12-15(25)10-11-18(17)29-22(19)23(28)26(20)16-4-2-1-3-5-16/h1-12,20H. The van der Waals surface area contributed by atoms with E-state index in [1.807, 2.05) is 54.6 Å². The molecule has 4 aromatic rings. The van der Waals surface area contributed by atoms with Crippen molar-refractivity contribution in [1.29, 1.82) is 0 Å². The highest BCUT2D eigenvalue weighted by molar-refractivity contribution is 9.10. The van der Waals surface area contributed by atoms with Crippen LogP contribution in [0.3, 0.4) is 0 Å². The number of carbonyl (C=O) groups excluding carboxylic acids is 1. The van der Waals surface area contributed by atoms with Crippen molar-refractivity contribution >= 4 is 54.4 Å². The van der Waals surface area contributed by atoms with Crippen LogP contribution < -0.4 is 10.3 Å². The predicted octanol–water partition coefficient (Wildman–Crippen LogP) is 6.07. The van der Waals surface area contributed by atoms with Gasteiger partial charge < -0.3 is 4.42 Å². The number of anilines is 1. The second-order valence-electron chi connectivity index (χ2n) is 6.78. The van der Waals surface area contributed by atoms with E-state index < -0.39 is 6.04 Å². The van der Waals surface area contributed by atoms with Crippen LogP contribution in [0.1, 0.15) is 27.7 Å². The van der Waals surface area contributed by atoms with Gasteiger partial charge in [-0.2, -0.15) is 0 Å². The fourth-order valence-corrected chi connectivity index (χ4v) is 4.39. The molecule has 0 fully saturated rings. The second-order valence-corrected chi connectivity index (χ2v) is 8.61. The van der Waals surface area contributed by atoms with Crippen molar-refractivity contribution in [2.24, 2.45) is 0 Å². The summed E-state index contributed by atoms with van der Waals surface area (Å²) >= 11 is 6.86. The number of para-hydroxylation sites is 1. The van der Waals surface area contributed by atoms with Gasteiger partial charge >= 0.3 is 0 Å². The molecule has 1 aliphatic heterocycles. The molecule has 0 saturated heterocycles. The summed E-state index contributed by atoms with van der Waals surface area (Å²) in [6.45, 7) is 0. The summed E-state index contributed by atoms with van der Waals surface area (Å²) in [5, 5.41) is 0.447. The number of fused-ring (bicyclic) bond motifs is 2. The first-order valence-electron chi connectivity index (χ1n) is 8.95. The summed E-state index contributed by atoms with van der Waals surface area (Å²) in [5.74, 6) is -0.220. The Labute approximate surface area is 183 Å². The number of hydrogen-bond acceptors (Lipinski definition) is 3. The van der Waals surface area contributed by atoms with E-state index >= 15 is 0 Å². The highest BCUT2D eigenvalue weighted by atomic mass is 79.9. The summed E-state index contributed by atoms with van der Waals surface area (Å²) in [6.07, 6.45) is 0. The van der Waals surface area contributed by atoms with Gasteiger partial charge in [-0.25, -0.2) is 0 Å². The molecule has 0 aliphatic carbocycles. The molecule has 0 bridgehead atoms. The van der Waals surface area contributed by atoms with E-state index in [2.05, 4.69) is 31.9 Å². The van der Waals surface area contributed by atoms with E-state index in [0.29, 0.717) is 22.2 Å². The third-order valence-corrected chi connectivity index (χ3v) is 6.07. The third-order valence-electron chi connectivity index (χ3n) is 5.05. The number of benzene rings is 3. The molecule has 142 valence electrons. The van der Waals surface area contributed by atoms with E-state index in [1.165, 1.54) is 0 Å². The first kappa shape index (κ1) is 18.3. The molecule has 1 unspecified atom stereocenters. The molecule has 5 rings (SSSR count). The lowest BCUT2D eigenvalue weighted by Gasteiger charge is -2.25. The van der Waals surface area contributed by atoms with E-state index in [4.69, 9.17) is 4.42 Å². The fraction of sp³-hybridized carbons (Fsp3) is 0.0435. The number of halogens is 2. The van der Waals surface area contributed by atoms with E-state index in [9.17, 15) is 9.59 Å². The van der Waals surface area contributed by atoms with Crippen molar-refractivity contribution in [3.8, 4) is 0 Å². The molecular weight excluding hydrogens is 498 g/mol. The van der Waals surface area contributed by atoms with Gasteiger partial charge in [0.25, 0.3) is 5.91 Å². The highest BCUT2D eigenvalue weighted by Crippen LogP contribution is 2.41. The van der Waals surface area contributed by atoms with Crippen molar-refractivity contribution < 1.29 is 9.21 Å². The molecule has 1 aliphatic rings. The monoisotopic (exact) mass is 509 g/mol. The summed E-state index contributed by atoms with van der Waals surface area (Å²) in [5.41, 5.74) is 2.12. The lowest BCUT2D eigenvalue weighted by Crippen LogP contribution is -2.29. The summed E-state index contributed by atoms with van der Waals surface area (Å²) in [4.78, 5) is 28.5. The Balaban J connectivity index is 1.83. The maximum absolute atomic E-state index is 13.5. The minimum Gasteiger partial charge on any atom is -0.450 e. The van der Waals surface area contributed by atoms with Gasteiger partial charge in [0.05, 0.1) is 17.0 Å². The topological polar surface area (TPSA) is 50.5 Å². The fourth-order valence-electron chi connectivity index (χ4n) is 3.76. The van der Waals surface area contributed by atoms with Gasteiger partial charge in [-0.15, -0.1) is 0 Å². The molecule has 1 amide bonds. The van der Waals surface area contributed by atoms with Crippen LogP contribution in [0.4, 0.5) is 5.69 Å². The van der Waals surface area contributed by atoms with Crippen molar-refractivity contribution in [3.05, 3.63) is 109 Å². The summed E-state index contributed by atoms with van der Waals surface area (Å²) in [7, 11) is 0. The van der Waals surface area contributed by atoms with Crippen molar-refractivity contribution in [2.45, 2.75) is 6.04 Å². The molecule has 0 spiro atoms. The minimum atomic E-state index is -0.562. The predicted molar refractivity (Wildman–Crippen MR) is 119 cm³/mol. The van der Waals surface area contributed by atoms with Gasteiger partial charge in [0, 0.05) is 14.6 Å². The smallest absolute Gasteiger partial charge is 0.295 e. The van der Waals surface area contributed by atoms with Crippen LogP contribution in [0.5, 0.6) is 0 Å². The average Bonchev–Trinajstić information content (AvgIpc) is 3.03. The van der Waals surface area contributed by atoms with Gasteiger partial charge in [-0.3, -0.25) is 14.5 Å². The zero-order valence-corrected chi connectivity index (χ0v) is 18.1. The van der Waals surface area contributed by atoms with Crippen molar-refractivity contribution in [3.63, 3.8) is 0 Å². The SMILES string of the molecule is O=C1c2oc3ccc(Br)cc3c(=O)c2C(c2ccc(Br)cc2)N1c1ccccc1. The van der Waals surface area contributed by atoms with Gasteiger partial charge in [0.15, 0.2) is 5.43 Å². The van der Waals surface area contributed by atoms with Crippen molar-refractivity contribution in [2.75, 3.05) is 4.90 Å². The van der Waals surface area contributed by atoms with Gasteiger partial charge in [0.1, 0.15) is 5.58 Å². The molecule has 2 heterocycles. The number of carbonyl (C=O) groups is 1. The molecular formula is C23H13Br2NO3. The van der Waals surface area contributed by atoms with Crippen LogP contribution in [0.25, 0.3) is 11.0 Å². The Morgan fingerprint density at radius 1 is 0.828 bits per heavy atom. The Morgan fingerprint density at radius 3 is 2.24 bits per heavy atom. The highest BCUT2D eigenvalue weighted by Gasteiger charge is 2.43. The molecule has 0 radical (unpaired) electrons. The first-order chi connectivity index (χ1) is 14.0. The van der Waals surface area contributed by atoms with Gasteiger partial charge in [-0.1, -0.05) is 62.2 Å². The van der Waals surface area contributed by atoms with Crippen LogP contribution in [-0.4, -0.2) is 5.91 Å². The first-order valence-corrected chi connectivity index (χ1v) is 10.5. The Kier molecular flexibility index (Phi) is 4.41.